The van der Waals surface area contributed by atoms with Gasteiger partial charge in [-0.2, -0.15) is 0 Å². The lowest BCUT2D eigenvalue weighted by Gasteiger charge is -2.03. The molecule has 4 heteroatoms. The highest BCUT2D eigenvalue weighted by atomic mass is 19.3. The molecule has 11 heavy (non-hydrogen) atoms. The van der Waals surface area contributed by atoms with Crippen LogP contribution in [-0.4, -0.2) is 32.7 Å². The van der Waals surface area contributed by atoms with Gasteiger partial charge in [-0.25, -0.2) is 8.78 Å². The fourth-order valence-electron chi connectivity index (χ4n) is 0.619. The zero-order valence-electron chi connectivity index (χ0n) is 6.78. The van der Waals surface area contributed by atoms with Crippen LogP contribution in [0.15, 0.2) is 0 Å². The van der Waals surface area contributed by atoms with Gasteiger partial charge in [-0.3, -0.25) is 0 Å². The van der Waals surface area contributed by atoms with Crippen LogP contribution in [0.2, 0.25) is 0 Å². The third kappa shape index (κ3) is 9.78. The number of alkyl halides is 2. The predicted molar refractivity (Wildman–Crippen MR) is 40.0 cm³/mol. The minimum atomic E-state index is -2.35. The van der Waals surface area contributed by atoms with Crippen LogP contribution in [0.3, 0.4) is 0 Å². The summed E-state index contributed by atoms with van der Waals surface area (Å²) in [7, 11) is 0. The van der Waals surface area contributed by atoms with Crippen molar-refractivity contribution in [3.05, 3.63) is 0 Å². The average molecular weight is 167 g/mol. The Morgan fingerprint density at radius 3 is 2.64 bits per heavy atom. The summed E-state index contributed by atoms with van der Waals surface area (Å²) >= 11 is 0. The van der Waals surface area contributed by atoms with Crippen molar-refractivity contribution < 1.29 is 13.5 Å². The van der Waals surface area contributed by atoms with Gasteiger partial charge in [0.2, 0.25) is 0 Å². The molecule has 0 bridgehead atoms. The molecule has 1 N–H and O–H groups in total. The Kier molecular flexibility index (Phi) is 7.72. The monoisotopic (exact) mass is 167 g/mol. The highest BCUT2D eigenvalue weighted by Crippen LogP contribution is 1.91. The molecule has 0 aliphatic heterocycles. The molecule has 0 unspecified atom stereocenters. The quantitative estimate of drug-likeness (QED) is 0.576. The fraction of sp³-hybridized carbons (Fsp3) is 1.00. The van der Waals surface area contributed by atoms with E-state index in [-0.39, 0.29) is 0 Å². The van der Waals surface area contributed by atoms with Crippen LogP contribution in [0.4, 0.5) is 8.78 Å². The lowest BCUT2D eigenvalue weighted by molar-refractivity contribution is 0.0188. The van der Waals surface area contributed by atoms with Gasteiger partial charge in [-0.15, -0.1) is 0 Å². The minimum absolute atomic E-state index is 0.365. The first-order valence-corrected chi connectivity index (χ1v) is 3.84. The Morgan fingerprint density at radius 2 is 2.09 bits per heavy atom. The second-order valence-corrected chi connectivity index (χ2v) is 2.22. The van der Waals surface area contributed by atoms with Gasteiger partial charge in [0.15, 0.2) is 0 Å². The summed E-state index contributed by atoms with van der Waals surface area (Å²) in [6, 6.07) is 0. The number of hydrogen-bond donors (Lipinski definition) is 1. The molecule has 0 rings (SSSR count). The van der Waals surface area contributed by atoms with Crippen LogP contribution >= 0.6 is 0 Å². The van der Waals surface area contributed by atoms with Crippen molar-refractivity contribution in [1.29, 1.82) is 0 Å². The molecule has 0 amide bonds. The lowest BCUT2D eigenvalue weighted by Crippen LogP contribution is -2.21. The first-order chi connectivity index (χ1) is 5.27. The molecule has 0 spiro atoms. The van der Waals surface area contributed by atoms with E-state index in [4.69, 9.17) is 0 Å². The molecule has 0 atom stereocenters. The van der Waals surface area contributed by atoms with Crippen molar-refractivity contribution in [3.8, 4) is 0 Å². The van der Waals surface area contributed by atoms with Crippen LogP contribution in [0.5, 0.6) is 0 Å². The Labute approximate surface area is 65.9 Å². The molecule has 0 aromatic rings. The Bertz CT molecular complexity index is 80.8. The van der Waals surface area contributed by atoms with Crippen molar-refractivity contribution >= 4 is 0 Å². The van der Waals surface area contributed by atoms with Crippen molar-refractivity contribution in [1.82, 2.24) is 5.32 Å². The van der Waals surface area contributed by atoms with Crippen LogP contribution in [0.1, 0.15) is 13.3 Å². The van der Waals surface area contributed by atoms with Crippen LogP contribution in [0, 0.1) is 0 Å². The number of hydrogen-bond acceptors (Lipinski definition) is 2. The minimum Gasteiger partial charge on any atom is -0.374 e. The molecule has 0 aromatic carbocycles. The van der Waals surface area contributed by atoms with E-state index >= 15 is 0 Å². The number of halogens is 2. The molecule has 0 radical (unpaired) electrons. The van der Waals surface area contributed by atoms with Gasteiger partial charge in [0.05, 0.1) is 6.61 Å². The molecule has 0 fully saturated rings. The molecule has 0 heterocycles. The van der Waals surface area contributed by atoms with E-state index in [9.17, 15) is 8.78 Å². The van der Waals surface area contributed by atoms with Gasteiger partial charge < -0.3 is 10.1 Å². The topological polar surface area (TPSA) is 21.3 Å². The van der Waals surface area contributed by atoms with E-state index in [0.29, 0.717) is 13.2 Å². The summed E-state index contributed by atoms with van der Waals surface area (Å²) in [6.07, 6.45) is -1.30. The predicted octanol–water partition coefficient (Wildman–Crippen LogP) is 1.27. The molecule has 0 saturated heterocycles. The molecule has 0 aliphatic rings. The van der Waals surface area contributed by atoms with Crippen molar-refractivity contribution in [3.63, 3.8) is 0 Å². The zero-order chi connectivity index (χ0) is 8.53. The van der Waals surface area contributed by atoms with E-state index in [0.717, 1.165) is 13.0 Å². The average Bonchev–Trinajstić information content (AvgIpc) is 1.96. The van der Waals surface area contributed by atoms with Gasteiger partial charge >= 0.3 is 0 Å². The largest absolute Gasteiger partial charge is 0.374 e. The Morgan fingerprint density at radius 1 is 1.36 bits per heavy atom. The standard InChI is InChI=1S/C7H15F2NO/c1-2-3-10-4-5-11-6-7(8)9/h7,10H,2-6H2,1H3. The van der Waals surface area contributed by atoms with Crippen molar-refractivity contribution in [2.75, 3.05) is 26.3 Å². The van der Waals surface area contributed by atoms with Crippen molar-refractivity contribution in [2.45, 2.75) is 19.8 Å². The molecule has 0 saturated carbocycles. The summed E-state index contributed by atoms with van der Waals surface area (Å²) in [6.45, 7) is 3.53. The molecule has 68 valence electrons. The zero-order valence-corrected chi connectivity index (χ0v) is 6.78. The Balaban J connectivity index is 2.80. The first kappa shape index (κ1) is 10.8. The fourth-order valence-corrected chi connectivity index (χ4v) is 0.619. The molecular formula is C7H15F2NO. The van der Waals surface area contributed by atoms with Crippen LogP contribution in [0.25, 0.3) is 0 Å². The van der Waals surface area contributed by atoms with E-state index in [1.807, 2.05) is 6.92 Å². The molecular weight excluding hydrogens is 152 g/mol. The van der Waals surface area contributed by atoms with Crippen LogP contribution in [-0.2, 0) is 4.74 Å². The summed E-state index contributed by atoms with van der Waals surface area (Å²) < 4.78 is 27.6. The molecule has 0 aliphatic carbocycles. The SMILES string of the molecule is CCCNCCOCC(F)F. The van der Waals surface area contributed by atoms with Gasteiger partial charge in [0.25, 0.3) is 6.43 Å². The summed E-state index contributed by atoms with van der Waals surface area (Å²) in [5.41, 5.74) is 0. The highest BCUT2D eigenvalue weighted by molar-refractivity contribution is 4.43. The van der Waals surface area contributed by atoms with Gasteiger partial charge in [0, 0.05) is 6.54 Å². The second kappa shape index (κ2) is 7.88. The maximum absolute atomic E-state index is 11.5. The maximum Gasteiger partial charge on any atom is 0.261 e. The summed E-state index contributed by atoms with van der Waals surface area (Å²) in [5.74, 6) is 0. The van der Waals surface area contributed by atoms with E-state index in [2.05, 4.69) is 10.1 Å². The Hall–Kier alpha value is -0.220. The van der Waals surface area contributed by atoms with E-state index in [1.165, 1.54) is 0 Å². The summed E-state index contributed by atoms with van der Waals surface area (Å²) in [4.78, 5) is 0. The van der Waals surface area contributed by atoms with E-state index in [1.54, 1.807) is 0 Å². The summed E-state index contributed by atoms with van der Waals surface area (Å²) in [5, 5.41) is 3.04. The lowest BCUT2D eigenvalue weighted by atomic mass is 10.5. The van der Waals surface area contributed by atoms with Gasteiger partial charge in [0.1, 0.15) is 6.61 Å². The van der Waals surface area contributed by atoms with Crippen molar-refractivity contribution in [2.24, 2.45) is 0 Å². The second-order valence-electron chi connectivity index (χ2n) is 2.22. The molecule has 2 nitrogen and oxygen atoms in total. The maximum atomic E-state index is 11.5. The van der Waals surface area contributed by atoms with Crippen LogP contribution < -0.4 is 5.32 Å². The van der Waals surface area contributed by atoms with Gasteiger partial charge in [-0.1, -0.05) is 6.92 Å². The smallest absolute Gasteiger partial charge is 0.261 e. The molecule has 0 aromatic heterocycles. The number of nitrogens with one attached hydrogen (secondary N) is 1. The number of rotatable bonds is 7. The highest BCUT2D eigenvalue weighted by Gasteiger charge is 1.99. The normalized spacial score (nSPS) is 10.9. The third-order valence-corrected chi connectivity index (χ3v) is 1.09. The van der Waals surface area contributed by atoms with Gasteiger partial charge in [-0.05, 0) is 13.0 Å². The van der Waals surface area contributed by atoms with E-state index < -0.39 is 13.0 Å². The third-order valence-electron chi connectivity index (χ3n) is 1.09. The number of ether oxygens (including phenoxy) is 1. The first-order valence-electron chi connectivity index (χ1n) is 3.84.